The van der Waals surface area contributed by atoms with Crippen molar-refractivity contribution in [3.8, 4) is 0 Å². The number of fused-ring (bicyclic) bond motifs is 6. The highest BCUT2D eigenvalue weighted by atomic mass is 14.2. The molecule has 0 bridgehead atoms. The topological polar surface area (TPSA) is 0 Å². The van der Waals surface area contributed by atoms with Gasteiger partial charge in [0.1, 0.15) is 0 Å². The van der Waals surface area contributed by atoms with Gasteiger partial charge in [0.05, 0.1) is 0 Å². The fraction of sp³-hybridized carbons (Fsp3) is 0. The van der Waals surface area contributed by atoms with Crippen molar-refractivity contribution in [3.63, 3.8) is 0 Å². The molecule has 0 spiro atoms. The third-order valence-electron chi connectivity index (χ3n) is 5.39. The van der Waals surface area contributed by atoms with E-state index in [0.717, 1.165) is 0 Å². The van der Waals surface area contributed by atoms with E-state index in [2.05, 4.69) is 84.9 Å². The predicted molar refractivity (Wildman–Crippen MR) is 105 cm³/mol. The lowest BCUT2D eigenvalue weighted by molar-refractivity contribution is 1.78. The van der Waals surface area contributed by atoms with E-state index < -0.39 is 0 Å². The van der Waals surface area contributed by atoms with Crippen LogP contribution in [0.2, 0.25) is 0 Å². The second-order valence-corrected chi connectivity index (χ2v) is 6.55. The molecular formula is C24H14. The summed E-state index contributed by atoms with van der Waals surface area (Å²) in [4.78, 5) is 0. The highest BCUT2D eigenvalue weighted by Gasteiger charge is 2.15. The van der Waals surface area contributed by atoms with Gasteiger partial charge in [-0.2, -0.15) is 0 Å². The van der Waals surface area contributed by atoms with Crippen molar-refractivity contribution in [3.05, 3.63) is 84.9 Å². The molecule has 0 nitrogen and oxygen atoms in total. The smallest absolute Gasteiger partial charge is 0.00139 e. The Morgan fingerprint density at radius 2 is 0.500 bits per heavy atom. The first-order chi connectivity index (χ1) is 11.9. The summed E-state index contributed by atoms with van der Waals surface area (Å²) >= 11 is 0. The van der Waals surface area contributed by atoms with E-state index in [1.54, 1.807) is 0 Å². The van der Waals surface area contributed by atoms with Crippen molar-refractivity contribution in [2.45, 2.75) is 0 Å². The summed E-state index contributed by atoms with van der Waals surface area (Å²) in [7, 11) is 0. The molecule has 0 heterocycles. The number of benzene rings is 6. The maximum atomic E-state index is 2.27. The molecule has 0 aliphatic carbocycles. The molecule has 24 heavy (non-hydrogen) atoms. The molecule has 0 aliphatic heterocycles. The van der Waals surface area contributed by atoms with Gasteiger partial charge in [0, 0.05) is 0 Å². The fourth-order valence-electron chi connectivity index (χ4n) is 4.45. The Kier molecular flexibility index (Phi) is 2.18. The van der Waals surface area contributed by atoms with Gasteiger partial charge in [-0.1, -0.05) is 84.9 Å². The van der Waals surface area contributed by atoms with E-state index in [1.807, 2.05) is 0 Å². The van der Waals surface area contributed by atoms with Gasteiger partial charge >= 0.3 is 0 Å². The van der Waals surface area contributed by atoms with Crippen LogP contribution < -0.4 is 0 Å². The molecule has 0 atom stereocenters. The lowest BCUT2D eigenvalue weighted by atomic mass is 9.86. The first-order valence-corrected chi connectivity index (χ1v) is 8.39. The van der Waals surface area contributed by atoms with E-state index in [9.17, 15) is 0 Å². The standard InChI is InChI=1S/C24H14/c1-2-8-16-15(7-1)19-11-5-13-21-17-9-3-4-10-18(17)22-14-6-12-20(16)24(22)23(19)21/h1-14H. The Labute approximate surface area is 139 Å². The molecule has 6 aromatic rings. The summed E-state index contributed by atoms with van der Waals surface area (Å²) in [6.45, 7) is 0. The second-order valence-electron chi connectivity index (χ2n) is 6.55. The molecule has 0 unspecified atom stereocenters. The summed E-state index contributed by atoms with van der Waals surface area (Å²) < 4.78 is 0. The van der Waals surface area contributed by atoms with Crippen LogP contribution in [0.25, 0.3) is 53.9 Å². The molecule has 0 heteroatoms. The first-order valence-electron chi connectivity index (χ1n) is 8.39. The summed E-state index contributed by atoms with van der Waals surface area (Å²) in [5.41, 5.74) is 0. The molecule has 0 aliphatic rings. The van der Waals surface area contributed by atoms with Gasteiger partial charge in [0.25, 0.3) is 0 Å². The van der Waals surface area contributed by atoms with E-state index >= 15 is 0 Å². The average Bonchev–Trinajstić information content (AvgIpc) is 2.67. The minimum Gasteiger partial charge on any atom is -0.0616 e. The van der Waals surface area contributed by atoms with Crippen molar-refractivity contribution in [1.82, 2.24) is 0 Å². The molecular weight excluding hydrogens is 288 g/mol. The van der Waals surface area contributed by atoms with E-state index in [4.69, 9.17) is 0 Å². The van der Waals surface area contributed by atoms with E-state index in [-0.39, 0.29) is 0 Å². The van der Waals surface area contributed by atoms with Gasteiger partial charge in [0.2, 0.25) is 0 Å². The molecule has 0 aromatic heterocycles. The average molecular weight is 302 g/mol. The molecule has 6 aromatic carbocycles. The minimum absolute atomic E-state index is 1.35. The first kappa shape index (κ1) is 12.3. The molecule has 0 saturated heterocycles. The van der Waals surface area contributed by atoms with Gasteiger partial charge in [0.15, 0.2) is 0 Å². The van der Waals surface area contributed by atoms with Crippen molar-refractivity contribution >= 4 is 53.9 Å². The van der Waals surface area contributed by atoms with Crippen LogP contribution in [0, 0.1) is 0 Å². The Hall–Kier alpha value is -3.12. The molecule has 0 N–H and O–H groups in total. The van der Waals surface area contributed by atoms with Crippen LogP contribution in [0.15, 0.2) is 84.9 Å². The fourth-order valence-corrected chi connectivity index (χ4v) is 4.45. The van der Waals surface area contributed by atoms with Crippen LogP contribution in [0.4, 0.5) is 0 Å². The lowest BCUT2D eigenvalue weighted by Crippen LogP contribution is -1.88. The van der Waals surface area contributed by atoms with Gasteiger partial charge < -0.3 is 0 Å². The number of rotatable bonds is 0. The Bertz CT molecular complexity index is 1180. The summed E-state index contributed by atoms with van der Waals surface area (Å²) in [6, 6.07) is 31.0. The Balaban J connectivity index is 2.16. The van der Waals surface area contributed by atoms with Crippen LogP contribution in [0.1, 0.15) is 0 Å². The van der Waals surface area contributed by atoms with E-state index in [1.165, 1.54) is 53.9 Å². The quantitative estimate of drug-likeness (QED) is 0.212. The molecule has 110 valence electrons. The summed E-state index contributed by atoms with van der Waals surface area (Å²) in [5, 5.41) is 13.6. The van der Waals surface area contributed by atoms with Crippen LogP contribution in [0.5, 0.6) is 0 Å². The monoisotopic (exact) mass is 302 g/mol. The van der Waals surface area contributed by atoms with Gasteiger partial charge in [-0.3, -0.25) is 0 Å². The van der Waals surface area contributed by atoms with Gasteiger partial charge in [-0.25, -0.2) is 0 Å². The maximum Gasteiger partial charge on any atom is -0.00139 e. The third kappa shape index (κ3) is 1.35. The predicted octanol–water partition coefficient (Wildman–Crippen LogP) is 6.89. The van der Waals surface area contributed by atoms with Gasteiger partial charge in [-0.05, 0) is 53.9 Å². The Morgan fingerprint density at radius 1 is 0.250 bits per heavy atom. The van der Waals surface area contributed by atoms with Crippen molar-refractivity contribution < 1.29 is 0 Å². The van der Waals surface area contributed by atoms with Crippen LogP contribution in [0.3, 0.4) is 0 Å². The molecule has 6 rings (SSSR count). The van der Waals surface area contributed by atoms with Crippen molar-refractivity contribution in [1.29, 1.82) is 0 Å². The van der Waals surface area contributed by atoms with Crippen LogP contribution in [-0.2, 0) is 0 Å². The highest BCUT2D eigenvalue weighted by molar-refractivity contribution is 6.39. The zero-order chi connectivity index (χ0) is 15.7. The second kappa shape index (κ2) is 4.24. The maximum absolute atomic E-state index is 2.27. The zero-order valence-corrected chi connectivity index (χ0v) is 13.1. The molecule has 0 radical (unpaired) electrons. The third-order valence-corrected chi connectivity index (χ3v) is 5.39. The molecule has 0 saturated carbocycles. The van der Waals surface area contributed by atoms with Gasteiger partial charge in [-0.15, -0.1) is 0 Å². The number of hydrogen-bond donors (Lipinski definition) is 0. The number of hydrogen-bond acceptors (Lipinski definition) is 0. The molecule has 0 amide bonds. The molecule has 0 fully saturated rings. The SMILES string of the molecule is c1ccc2c(c1)c1cccc3c4ccccc4c4cccc2c4c13. The summed E-state index contributed by atoms with van der Waals surface area (Å²) in [6.07, 6.45) is 0. The summed E-state index contributed by atoms with van der Waals surface area (Å²) in [5.74, 6) is 0. The van der Waals surface area contributed by atoms with Crippen molar-refractivity contribution in [2.75, 3.05) is 0 Å². The lowest BCUT2D eigenvalue weighted by Gasteiger charge is -2.17. The minimum atomic E-state index is 1.35. The largest absolute Gasteiger partial charge is 0.0616 e. The van der Waals surface area contributed by atoms with Crippen LogP contribution >= 0.6 is 0 Å². The van der Waals surface area contributed by atoms with E-state index in [0.29, 0.717) is 0 Å². The highest BCUT2D eigenvalue weighted by Crippen LogP contribution is 2.44. The normalized spacial score (nSPS) is 12.2. The van der Waals surface area contributed by atoms with Crippen LogP contribution in [-0.4, -0.2) is 0 Å². The zero-order valence-electron chi connectivity index (χ0n) is 13.1. The Morgan fingerprint density at radius 3 is 0.792 bits per heavy atom. The van der Waals surface area contributed by atoms with Crippen molar-refractivity contribution in [2.24, 2.45) is 0 Å².